The molecule has 5 heteroatoms. The molecule has 1 aromatic carbocycles. The van der Waals surface area contributed by atoms with Gasteiger partial charge in [0.2, 0.25) is 0 Å². The van der Waals surface area contributed by atoms with Crippen LogP contribution in [0.15, 0.2) is 18.2 Å². The molecule has 0 aromatic heterocycles. The standard InChI is InChI=1S/C14H19FN2O2/c1-19-9-12-6-11(2-3-13(12)15)14(18)17-5-4-10(7-16)8-17/h2-3,6,10H,4-5,7-9,16H2,1H3/t10-/m0/s1. The summed E-state index contributed by atoms with van der Waals surface area (Å²) in [6.45, 7) is 2.17. The van der Waals surface area contributed by atoms with E-state index in [2.05, 4.69) is 0 Å². The molecular weight excluding hydrogens is 247 g/mol. The van der Waals surface area contributed by atoms with Crippen LogP contribution >= 0.6 is 0 Å². The number of halogens is 1. The third-order valence-corrected chi connectivity index (χ3v) is 3.50. The highest BCUT2D eigenvalue weighted by Crippen LogP contribution is 2.19. The minimum absolute atomic E-state index is 0.0618. The Labute approximate surface area is 112 Å². The van der Waals surface area contributed by atoms with Crippen molar-refractivity contribution >= 4 is 5.91 Å². The Morgan fingerprint density at radius 1 is 1.58 bits per heavy atom. The van der Waals surface area contributed by atoms with E-state index >= 15 is 0 Å². The highest BCUT2D eigenvalue weighted by Gasteiger charge is 2.26. The number of likely N-dealkylation sites (tertiary alicyclic amines) is 1. The Morgan fingerprint density at radius 3 is 3.00 bits per heavy atom. The SMILES string of the molecule is COCc1cc(C(=O)N2CC[C@@H](CN)C2)ccc1F. The van der Waals surface area contributed by atoms with Gasteiger partial charge in [-0.25, -0.2) is 4.39 Å². The zero-order valence-electron chi connectivity index (χ0n) is 11.1. The van der Waals surface area contributed by atoms with Gasteiger partial charge in [-0.15, -0.1) is 0 Å². The van der Waals surface area contributed by atoms with Crippen molar-refractivity contribution in [1.29, 1.82) is 0 Å². The lowest BCUT2D eigenvalue weighted by atomic mass is 10.1. The van der Waals surface area contributed by atoms with Crippen LogP contribution in [0, 0.1) is 11.7 Å². The van der Waals surface area contributed by atoms with Crippen LogP contribution in [0.3, 0.4) is 0 Å². The van der Waals surface area contributed by atoms with Gasteiger partial charge in [0.15, 0.2) is 0 Å². The van der Waals surface area contributed by atoms with Crippen molar-refractivity contribution in [1.82, 2.24) is 4.90 Å². The number of carbonyl (C=O) groups excluding carboxylic acids is 1. The van der Waals surface area contributed by atoms with Crippen LogP contribution in [0.2, 0.25) is 0 Å². The Bertz CT molecular complexity index is 465. The summed E-state index contributed by atoms with van der Waals surface area (Å²) in [5.74, 6) is -0.0317. The average molecular weight is 266 g/mol. The summed E-state index contributed by atoms with van der Waals surface area (Å²) < 4.78 is 18.4. The number of hydrogen-bond acceptors (Lipinski definition) is 3. The first-order valence-electron chi connectivity index (χ1n) is 6.42. The molecule has 0 unspecified atom stereocenters. The lowest BCUT2D eigenvalue weighted by molar-refractivity contribution is 0.0787. The number of ether oxygens (including phenoxy) is 1. The van der Waals surface area contributed by atoms with Gasteiger partial charge in [0.05, 0.1) is 6.61 Å². The number of carbonyl (C=O) groups is 1. The predicted molar refractivity (Wildman–Crippen MR) is 70.2 cm³/mol. The van der Waals surface area contributed by atoms with Crippen LogP contribution in [-0.4, -0.2) is 37.6 Å². The molecule has 4 nitrogen and oxygen atoms in total. The van der Waals surface area contributed by atoms with Gasteiger partial charge in [0, 0.05) is 31.3 Å². The molecular formula is C14H19FN2O2. The van der Waals surface area contributed by atoms with Crippen molar-refractivity contribution in [3.8, 4) is 0 Å². The van der Waals surface area contributed by atoms with Gasteiger partial charge in [0.1, 0.15) is 5.82 Å². The highest BCUT2D eigenvalue weighted by atomic mass is 19.1. The first-order valence-corrected chi connectivity index (χ1v) is 6.42. The second kappa shape index (κ2) is 6.12. The highest BCUT2D eigenvalue weighted by molar-refractivity contribution is 5.94. The van der Waals surface area contributed by atoms with Crippen molar-refractivity contribution in [2.24, 2.45) is 11.7 Å². The van der Waals surface area contributed by atoms with Gasteiger partial charge in [-0.2, -0.15) is 0 Å². The van der Waals surface area contributed by atoms with E-state index in [0.717, 1.165) is 13.0 Å². The van der Waals surface area contributed by atoms with Crippen molar-refractivity contribution in [3.05, 3.63) is 35.1 Å². The van der Waals surface area contributed by atoms with E-state index in [-0.39, 0.29) is 18.3 Å². The zero-order chi connectivity index (χ0) is 13.8. The van der Waals surface area contributed by atoms with Crippen LogP contribution < -0.4 is 5.73 Å². The van der Waals surface area contributed by atoms with E-state index in [9.17, 15) is 9.18 Å². The fourth-order valence-electron chi connectivity index (χ4n) is 2.37. The molecule has 1 aliphatic heterocycles. The summed E-state index contributed by atoms with van der Waals surface area (Å²) in [4.78, 5) is 14.1. The molecule has 1 aliphatic rings. The van der Waals surface area contributed by atoms with E-state index in [0.29, 0.717) is 30.1 Å². The Hall–Kier alpha value is -1.46. The lowest BCUT2D eigenvalue weighted by Crippen LogP contribution is -2.30. The third-order valence-electron chi connectivity index (χ3n) is 3.50. The lowest BCUT2D eigenvalue weighted by Gasteiger charge is -2.17. The number of hydrogen-bond donors (Lipinski definition) is 1. The second-order valence-electron chi connectivity index (χ2n) is 4.88. The first-order chi connectivity index (χ1) is 9.15. The van der Waals surface area contributed by atoms with Crippen molar-refractivity contribution in [2.45, 2.75) is 13.0 Å². The van der Waals surface area contributed by atoms with E-state index in [4.69, 9.17) is 10.5 Å². The van der Waals surface area contributed by atoms with Gasteiger partial charge in [0.25, 0.3) is 5.91 Å². The summed E-state index contributed by atoms with van der Waals surface area (Å²) in [6.07, 6.45) is 0.939. The topological polar surface area (TPSA) is 55.6 Å². The number of benzene rings is 1. The number of amides is 1. The summed E-state index contributed by atoms with van der Waals surface area (Å²) in [5.41, 5.74) is 6.53. The molecule has 2 N–H and O–H groups in total. The molecule has 0 saturated carbocycles. The minimum Gasteiger partial charge on any atom is -0.380 e. The van der Waals surface area contributed by atoms with Gasteiger partial charge in [-0.1, -0.05) is 0 Å². The summed E-state index contributed by atoms with van der Waals surface area (Å²) >= 11 is 0. The Kier molecular flexibility index (Phi) is 4.50. The Balaban J connectivity index is 2.13. The van der Waals surface area contributed by atoms with E-state index in [1.54, 1.807) is 11.0 Å². The quantitative estimate of drug-likeness (QED) is 0.896. The third kappa shape index (κ3) is 3.11. The molecule has 0 aliphatic carbocycles. The van der Waals surface area contributed by atoms with Gasteiger partial charge >= 0.3 is 0 Å². The minimum atomic E-state index is -0.348. The zero-order valence-corrected chi connectivity index (χ0v) is 11.1. The predicted octanol–water partition coefficient (Wildman–Crippen LogP) is 1.39. The van der Waals surface area contributed by atoms with Crippen LogP contribution in [0.25, 0.3) is 0 Å². The van der Waals surface area contributed by atoms with Gasteiger partial charge < -0.3 is 15.4 Å². The van der Waals surface area contributed by atoms with E-state index in [1.165, 1.54) is 19.2 Å². The van der Waals surface area contributed by atoms with Crippen LogP contribution in [-0.2, 0) is 11.3 Å². The molecule has 1 amide bonds. The first kappa shape index (κ1) is 14.0. The van der Waals surface area contributed by atoms with Gasteiger partial charge in [-0.05, 0) is 37.1 Å². The molecule has 0 bridgehead atoms. The van der Waals surface area contributed by atoms with E-state index < -0.39 is 0 Å². The summed E-state index contributed by atoms with van der Waals surface area (Å²) in [5, 5.41) is 0. The maximum atomic E-state index is 13.5. The maximum Gasteiger partial charge on any atom is 0.253 e. The molecule has 104 valence electrons. The van der Waals surface area contributed by atoms with Crippen molar-refractivity contribution < 1.29 is 13.9 Å². The molecule has 1 aromatic rings. The fraction of sp³-hybridized carbons (Fsp3) is 0.500. The summed E-state index contributed by atoms with van der Waals surface area (Å²) in [6, 6.07) is 4.40. The maximum absolute atomic E-state index is 13.5. The number of nitrogens with zero attached hydrogens (tertiary/aromatic N) is 1. The molecule has 0 spiro atoms. The number of nitrogens with two attached hydrogens (primary N) is 1. The molecule has 1 fully saturated rings. The molecule has 1 heterocycles. The van der Waals surface area contributed by atoms with Crippen LogP contribution in [0.5, 0.6) is 0 Å². The van der Waals surface area contributed by atoms with Crippen LogP contribution in [0.4, 0.5) is 4.39 Å². The molecule has 1 atom stereocenters. The van der Waals surface area contributed by atoms with Crippen molar-refractivity contribution in [2.75, 3.05) is 26.7 Å². The van der Waals surface area contributed by atoms with Crippen LogP contribution in [0.1, 0.15) is 22.3 Å². The van der Waals surface area contributed by atoms with Gasteiger partial charge in [-0.3, -0.25) is 4.79 Å². The molecule has 2 rings (SSSR count). The molecule has 19 heavy (non-hydrogen) atoms. The normalized spacial score (nSPS) is 18.9. The van der Waals surface area contributed by atoms with Crippen molar-refractivity contribution in [3.63, 3.8) is 0 Å². The monoisotopic (exact) mass is 266 g/mol. The Morgan fingerprint density at radius 2 is 2.37 bits per heavy atom. The average Bonchev–Trinajstić information content (AvgIpc) is 2.89. The number of rotatable bonds is 4. The smallest absolute Gasteiger partial charge is 0.253 e. The number of methoxy groups -OCH3 is 1. The van der Waals surface area contributed by atoms with E-state index in [1.807, 2.05) is 0 Å². The largest absolute Gasteiger partial charge is 0.380 e. The summed E-state index contributed by atoms with van der Waals surface area (Å²) in [7, 11) is 1.50. The fourth-order valence-corrected chi connectivity index (χ4v) is 2.37. The molecule has 1 saturated heterocycles. The second-order valence-corrected chi connectivity index (χ2v) is 4.88. The molecule has 0 radical (unpaired) electrons.